The maximum absolute atomic E-state index is 2.33. The van der Waals surface area contributed by atoms with Crippen LogP contribution in [0, 0.1) is 0 Å². The molecule has 1 rings (SSSR count). The minimum absolute atomic E-state index is 0.144. The average molecular weight is 211 g/mol. The van der Waals surface area contributed by atoms with Gasteiger partial charge in [-0.15, -0.1) is 0 Å². The molecule has 0 heterocycles. The molecule has 0 spiro atoms. The monoisotopic (exact) mass is 212 g/mol. The van der Waals surface area contributed by atoms with Gasteiger partial charge in [-0.2, -0.15) is 0 Å². The van der Waals surface area contributed by atoms with Crippen molar-refractivity contribution in [3.63, 3.8) is 0 Å². The van der Waals surface area contributed by atoms with Crippen LogP contribution >= 0.6 is 0 Å². The van der Waals surface area contributed by atoms with Crippen LogP contribution in [-0.2, 0) is 0 Å². The zero-order chi connectivity index (χ0) is 5.82. The van der Waals surface area contributed by atoms with E-state index in [2.05, 4.69) is 35.3 Å². The van der Waals surface area contributed by atoms with Gasteiger partial charge >= 0.3 is 60.0 Å². The molecule has 0 saturated carbocycles. The second-order valence-corrected chi connectivity index (χ2v) is 4.69. The quantitative estimate of drug-likeness (QED) is 0.609. The first-order chi connectivity index (χ1) is 3.93. The number of hydrogen-bond donors (Lipinski definition) is 0. The molecular weight excluding hydrogens is 203 g/mol. The first-order valence-electron chi connectivity index (χ1n) is 2.66. The molecule has 38 valence electrons. The summed E-state index contributed by atoms with van der Waals surface area (Å²) in [6.45, 7) is 0. The summed E-state index contributed by atoms with van der Waals surface area (Å²) in [7, 11) is 0. The molecule has 0 nitrogen and oxygen atoms in total. The van der Waals surface area contributed by atoms with E-state index in [9.17, 15) is 0 Å². The molecule has 0 aromatic heterocycles. The van der Waals surface area contributed by atoms with Gasteiger partial charge in [0.05, 0.1) is 0 Å². The van der Waals surface area contributed by atoms with E-state index in [4.69, 9.17) is 0 Å². The van der Waals surface area contributed by atoms with Crippen LogP contribution in [0.15, 0.2) is 30.3 Å². The number of hydrogen-bond acceptors (Lipinski definition) is 0. The molecule has 0 bridgehead atoms. The molecule has 0 N–H and O–H groups in total. The molecule has 0 atom stereocenters. The third-order valence-electron chi connectivity index (χ3n) is 1.06. The van der Waals surface area contributed by atoms with E-state index in [0.29, 0.717) is 0 Å². The van der Waals surface area contributed by atoms with Crippen molar-refractivity contribution >= 4 is 24.7 Å². The normalized spacial score (nSPS) is 8.12. The molecule has 0 radical (unpaired) electrons. The van der Waals surface area contributed by atoms with Crippen molar-refractivity contribution in [1.82, 2.24) is 0 Å². The molecular formula is C7H8Sn+2. The zero-order valence-corrected chi connectivity index (χ0v) is 7.74. The van der Waals surface area contributed by atoms with Gasteiger partial charge in [-0.3, -0.25) is 0 Å². The Morgan fingerprint density at radius 1 is 1.12 bits per heavy atom. The van der Waals surface area contributed by atoms with Crippen LogP contribution < -0.4 is 3.58 Å². The first-order valence-corrected chi connectivity index (χ1v) is 6.94. The molecule has 0 fully saturated rings. The van der Waals surface area contributed by atoms with E-state index in [1.807, 2.05) is 0 Å². The van der Waals surface area contributed by atoms with Crippen molar-refractivity contribution in [2.75, 3.05) is 0 Å². The standard InChI is InChI=1S/C6H5.CH3.Sn/c1-2-4-6-5-3-1;;/h1-5H;1H3;/q;;+2. The Hall–Kier alpha value is 0.0187. The van der Waals surface area contributed by atoms with Gasteiger partial charge in [0, 0.05) is 0 Å². The Balaban J connectivity index is 2.83. The fraction of sp³-hybridized carbons (Fsp3) is 0.143. The summed E-state index contributed by atoms with van der Waals surface area (Å²) < 4.78 is 1.58. The van der Waals surface area contributed by atoms with Crippen molar-refractivity contribution in [2.24, 2.45) is 0 Å². The zero-order valence-electron chi connectivity index (χ0n) is 4.89. The van der Waals surface area contributed by atoms with Crippen molar-refractivity contribution in [3.05, 3.63) is 30.3 Å². The maximum atomic E-state index is 2.33. The summed E-state index contributed by atoms with van der Waals surface area (Å²) in [5.41, 5.74) is 0. The summed E-state index contributed by atoms with van der Waals surface area (Å²) in [5, 5.41) is 0. The van der Waals surface area contributed by atoms with Gasteiger partial charge in [0.25, 0.3) is 0 Å². The van der Waals surface area contributed by atoms with Gasteiger partial charge < -0.3 is 0 Å². The van der Waals surface area contributed by atoms with E-state index in [-0.39, 0.29) is 21.1 Å². The summed E-state index contributed by atoms with van der Waals surface area (Å²) in [6.07, 6.45) is 0. The molecule has 0 saturated heterocycles. The summed E-state index contributed by atoms with van der Waals surface area (Å²) >= 11 is -0.144. The third-order valence-corrected chi connectivity index (χ3v) is 3.66. The van der Waals surface area contributed by atoms with Crippen LogP contribution in [-0.4, -0.2) is 21.1 Å². The second-order valence-electron chi connectivity index (χ2n) is 1.62. The van der Waals surface area contributed by atoms with Crippen LogP contribution in [0.5, 0.6) is 0 Å². The van der Waals surface area contributed by atoms with E-state index >= 15 is 0 Å². The number of rotatable bonds is 1. The van der Waals surface area contributed by atoms with Crippen molar-refractivity contribution in [3.8, 4) is 0 Å². The second kappa shape index (κ2) is 3.13. The number of benzene rings is 1. The Kier molecular flexibility index (Phi) is 2.40. The summed E-state index contributed by atoms with van der Waals surface area (Å²) in [4.78, 5) is 2.33. The Labute approximate surface area is 60.1 Å². The van der Waals surface area contributed by atoms with Crippen molar-refractivity contribution in [1.29, 1.82) is 0 Å². The van der Waals surface area contributed by atoms with E-state index in [1.165, 1.54) is 0 Å². The molecule has 0 aliphatic heterocycles. The molecule has 1 heteroatoms. The van der Waals surface area contributed by atoms with E-state index in [0.717, 1.165) is 0 Å². The van der Waals surface area contributed by atoms with Gasteiger partial charge in [-0.25, -0.2) is 0 Å². The van der Waals surface area contributed by atoms with Crippen LogP contribution in [0.3, 0.4) is 0 Å². The summed E-state index contributed by atoms with van der Waals surface area (Å²) in [6, 6.07) is 10.7. The van der Waals surface area contributed by atoms with Crippen LogP contribution in [0.2, 0.25) is 4.94 Å². The van der Waals surface area contributed by atoms with Crippen molar-refractivity contribution in [2.45, 2.75) is 4.94 Å². The Bertz CT molecular complexity index is 146. The van der Waals surface area contributed by atoms with Gasteiger partial charge in [0.1, 0.15) is 0 Å². The molecule has 0 aliphatic rings. The van der Waals surface area contributed by atoms with Gasteiger partial charge in [-0.05, 0) is 0 Å². The predicted octanol–water partition coefficient (Wildman–Crippen LogP) is 1.06. The van der Waals surface area contributed by atoms with E-state index in [1.54, 1.807) is 3.58 Å². The summed E-state index contributed by atoms with van der Waals surface area (Å²) in [5.74, 6) is 0. The average Bonchev–Trinajstić information content (AvgIpc) is 1.90. The molecule has 1 aromatic rings. The van der Waals surface area contributed by atoms with Crippen LogP contribution in [0.25, 0.3) is 0 Å². The van der Waals surface area contributed by atoms with Crippen LogP contribution in [0.4, 0.5) is 0 Å². The topological polar surface area (TPSA) is 0 Å². The van der Waals surface area contributed by atoms with Gasteiger partial charge in [-0.1, -0.05) is 0 Å². The Morgan fingerprint density at radius 3 is 2.12 bits per heavy atom. The Morgan fingerprint density at radius 2 is 1.75 bits per heavy atom. The third kappa shape index (κ3) is 1.51. The van der Waals surface area contributed by atoms with Crippen LogP contribution in [0.1, 0.15) is 0 Å². The minimum atomic E-state index is -0.144. The molecule has 1 aromatic carbocycles. The van der Waals surface area contributed by atoms with Gasteiger partial charge in [0.2, 0.25) is 0 Å². The fourth-order valence-corrected chi connectivity index (χ4v) is 2.11. The molecule has 0 unspecified atom stereocenters. The van der Waals surface area contributed by atoms with Gasteiger partial charge in [0.15, 0.2) is 0 Å². The predicted molar refractivity (Wildman–Crippen MR) is 37.7 cm³/mol. The molecule has 8 heavy (non-hydrogen) atoms. The SMILES string of the molecule is [CH3][Sn+2][c]1ccccc1. The van der Waals surface area contributed by atoms with Crippen molar-refractivity contribution < 1.29 is 0 Å². The van der Waals surface area contributed by atoms with E-state index < -0.39 is 0 Å². The first kappa shape index (κ1) is 6.14. The fourth-order valence-electron chi connectivity index (χ4n) is 0.605. The molecule has 0 amide bonds. The molecule has 0 aliphatic carbocycles.